The van der Waals surface area contributed by atoms with E-state index in [-0.39, 0.29) is 0 Å². The first-order chi connectivity index (χ1) is 15.2. The Bertz CT molecular complexity index is 1520. The Kier molecular flexibility index (Phi) is 3.81. The van der Waals surface area contributed by atoms with E-state index in [1.54, 1.807) is 0 Å². The first-order valence-electron chi connectivity index (χ1n) is 10.7. The molecule has 6 rings (SSSR count). The first kappa shape index (κ1) is 18.0. The second kappa shape index (κ2) is 6.58. The molecule has 0 bridgehead atoms. The Morgan fingerprint density at radius 2 is 1.35 bits per heavy atom. The lowest BCUT2D eigenvalue weighted by Crippen LogP contribution is -2.38. The molecule has 31 heavy (non-hydrogen) atoms. The van der Waals surface area contributed by atoms with E-state index < -0.39 is 0 Å². The van der Waals surface area contributed by atoms with Crippen LogP contribution in [0.2, 0.25) is 0 Å². The lowest BCUT2D eigenvalue weighted by Gasteiger charge is -2.18. The van der Waals surface area contributed by atoms with Gasteiger partial charge in [0.2, 0.25) is 0 Å². The minimum absolute atomic E-state index is 1.12. The van der Waals surface area contributed by atoms with Crippen LogP contribution in [0.1, 0.15) is 5.56 Å². The molecule has 1 aliphatic rings. The standard InChI is InChI=1S/C28H24N3/c1-19-11-10-15-23-22-14-6-9-18-26(22)31(27(19)23)28-29(2)24-16-7-4-12-20(24)21-13-5-8-17-25(21)30(28)3/h4-18H,1-3H3/q+1. The van der Waals surface area contributed by atoms with Gasteiger partial charge >= 0.3 is 5.96 Å². The number of aromatic nitrogens is 1. The van der Waals surface area contributed by atoms with Crippen molar-refractivity contribution in [3.63, 3.8) is 0 Å². The summed E-state index contributed by atoms with van der Waals surface area (Å²) in [4.78, 5) is 2.33. The zero-order chi connectivity index (χ0) is 21.1. The zero-order valence-electron chi connectivity index (χ0n) is 18.0. The molecular formula is C28H24N3+. The highest BCUT2D eigenvalue weighted by atomic mass is 15.4. The Morgan fingerprint density at radius 1 is 0.677 bits per heavy atom. The van der Waals surface area contributed by atoms with E-state index in [0.29, 0.717) is 0 Å². The number of para-hydroxylation sites is 4. The van der Waals surface area contributed by atoms with Gasteiger partial charge in [0.05, 0.1) is 14.1 Å². The maximum atomic E-state index is 2.43. The first-order valence-corrected chi connectivity index (χ1v) is 10.7. The maximum absolute atomic E-state index is 2.43. The van der Waals surface area contributed by atoms with Crippen LogP contribution in [0.4, 0.5) is 11.4 Å². The van der Waals surface area contributed by atoms with Gasteiger partial charge in [0.15, 0.2) is 0 Å². The van der Waals surface area contributed by atoms with Gasteiger partial charge in [-0.1, -0.05) is 72.8 Å². The van der Waals surface area contributed by atoms with Crippen LogP contribution < -0.4 is 4.90 Å². The van der Waals surface area contributed by atoms with Gasteiger partial charge in [-0.3, -0.25) is 0 Å². The molecule has 3 nitrogen and oxygen atoms in total. The van der Waals surface area contributed by atoms with Crippen LogP contribution >= 0.6 is 0 Å². The van der Waals surface area contributed by atoms with Crippen LogP contribution in [0.3, 0.4) is 0 Å². The predicted octanol–water partition coefficient (Wildman–Crippen LogP) is 6.40. The van der Waals surface area contributed by atoms with Crippen molar-refractivity contribution in [3.8, 4) is 11.1 Å². The van der Waals surface area contributed by atoms with Gasteiger partial charge in [0, 0.05) is 21.9 Å². The predicted molar refractivity (Wildman–Crippen MR) is 131 cm³/mol. The van der Waals surface area contributed by atoms with E-state index in [1.165, 1.54) is 49.9 Å². The monoisotopic (exact) mass is 402 g/mol. The average Bonchev–Trinajstić information content (AvgIpc) is 3.10. The summed E-state index contributed by atoms with van der Waals surface area (Å²) in [6.45, 7) is 2.21. The second-order valence-corrected chi connectivity index (χ2v) is 8.28. The number of aryl methyl sites for hydroxylation is 1. The molecule has 0 saturated carbocycles. The molecule has 1 aliphatic heterocycles. The van der Waals surface area contributed by atoms with Crippen LogP contribution in [0, 0.1) is 6.92 Å². The van der Waals surface area contributed by atoms with Crippen molar-refractivity contribution in [2.45, 2.75) is 6.92 Å². The lowest BCUT2D eigenvalue weighted by molar-refractivity contribution is -0.407. The summed E-state index contributed by atoms with van der Waals surface area (Å²) < 4.78 is 4.76. The van der Waals surface area contributed by atoms with Crippen molar-refractivity contribution in [1.29, 1.82) is 0 Å². The van der Waals surface area contributed by atoms with Crippen LogP contribution in [0.25, 0.3) is 32.9 Å². The molecule has 0 aliphatic carbocycles. The topological polar surface area (TPSA) is 11.2 Å². The Hall–Kier alpha value is -3.85. The van der Waals surface area contributed by atoms with Crippen LogP contribution in [0.5, 0.6) is 0 Å². The highest BCUT2D eigenvalue weighted by Gasteiger charge is 2.33. The van der Waals surface area contributed by atoms with Crippen LogP contribution in [-0.2, 0) is 0 Å². The third-order valence-corrected chi connectivity index (χ3v) is 6.52. The van der Waals surface area contributed by atoms with Gasteiger partial charge in [-0.05, 0) is 30.7 Å². The van der Waals surface area contributed by atoms with Crippen molar-refractivity contribution in [1.82, 2.24) is 4.57 Å². The molecular weight excluding hydrogens is 378 g/mol. The molecule has 1 aromatic heterocycles. The van der Waals surface area contributed by atoms with Crippen molar-refractivity contribution in [2.24, 2.45) is 0 Å². The van der Waals surface area contributed by atoms with E-state index in [0.717, 1.165) is 5.96 Å². The molecule has 150 valence electrons. The van der Waals surface area contributed by atoms with E-state index >= 15 is 0 Å². The number of benzene rings is 4. The minimum Gasteiger partial charge on any atom is -0.233 e. The van der Waals surface area contributed by atoms with E-state index in [2.05, 4.69) is 126 Å². The number of hydrogen-bond donors (Lipinski definition) is 0. The molecule has 0 N–H and O–H groups in total. The van der Waals surface area contributed by atoms with Crippen LogP contribution in [-0.4, -0.2) is 29.2 Å². The molecule has 3 heteroatoms. The largest absolute Gasteiger partial charge is 0.370 e. The fraction of sp³-hybridized carbons (Fsp3) is 0.107. The van der Waals surface area contributed by atoms with E-state index in [1.807, 2.05) is 0 Å². The molecule has 0 saturated heterocycles. The zero-order valence-corrected chi connectivity index (χ0v) is 18.0. The summed E-state index contributed by atoms with van der Waals surface area (Å²) >= 11 is 0. The van der Waals surface area contributed by atoms with Crippen molar-refractivity contribution in [2.75, 3.05) is 19.0 Å². The van der Waals surface area contributed by atoms with Gasteiger partial charge < -0.3 is 0 Å². The van der Waals surface area contributed by atoms with Gasteiger partial charge in [-0.2, -0.15) is 4.57 Å². The smallest absolute Gasteiger partial charge is 0.233 e. The number of fused-ring (bicyclic) bond motifs is 6. The minimum atomic E-state index is 1.12. The normalized spacial score (nSPS) is 13.5. The summed E-state index contributed by atoms with van der Waals surface area (Å²) in [7, 11) is 4.35. The fourth-order valence-electron chi connectivity index (χ4n) is 5.13. The molecule has 0 unspecified atom stereocenters. The summed E-state index contributed by atoms with van der Waals surface area (Å²) in [5, 5.41) is 2.57. The number of rotatable bonds is 0. The molecule has 5 aromatic rings. The summed E-state index contributed by atoms with van der Waals surface area (Å²) in [6.07, 6.45) is 0. The molecule has 0 spiro atoms. The number of nitrogens with zero attached hydrogens (tertiary/aromatic N) is 3. The van der Waals surface area contributed by atoms with Gasteiger partial charge in [-0.25, -0.2) is 9.48 Å². The third-order valence-electron chi connectivity index (χ3n) is 6.52. The maximum Gasteiger partial charge on any atom is 0.370 e. The van der Waals surface area contributed by atoms with Gasteiger partial charge in [0.1, 0.15) is 22.4 Å². The SMILES string of the molecule is Cc1cccc2c3ccccc3n(C3=[N+](C)c4ccccc4-c4ccccc4N3C)c12. The van der Waals surface area contributed by atoms with Gasteiger partial charge in [0.25, 0.3) is 0 Å². The highest BCUT2D eigenvalue weighted by Crippen LogP contribution is 2.40. The fourth-order valence-corrected chi connectivity index (χ4v) is 5.13. The molecule has 0 radical (unpaired) electrons. The van der Waals surface area contributed by atoms with Crippen molar-refractivity contribution >= 4 is 39.1 Å². The van der Waals surface area contributed by atoms with Crippen LogP contribution in [0.15, 0.2) is 91.0 Å². The molecule has 2 heterocycles. The Balaban J connectivity index is 1.82. The van der Waals surface area contributed by atoms with E-state index in [9.17, 15) is 0 Å². The molecule has 0 atom stereocenters. The van der Waals surface area contributed by atoms with Gasteiger partial charge in [-0.15, -0.1) is 0 Å². The molecule has 4 aromatic carbocycles. The molecule has 0 amide bonds. The quantitative estimate of drug-likeness (QED) is 0.273. The number of anilines is 1. The van der Waals surface area contributed by atoms with Crippen molar-refractivity contribution in [3.05, 3.63) is 96.6 Å². The summed E-state index contributed by atoms with van der Waals surface area (Å²) in [5.74, 6) is 1.12. The summed E-state index contributed by atoms with van der Waals surface area (Å²) in [5.41, 5.74) is 8.66. The Labute approximate surface area is 182 Å². The average molecular weight is 403 g/mol. The third kappa shape index (κ3) is 2.43. The second-order valence-electron chi connectivity index (χ2n) is 8.28. The Morgan fingerprint density at radius 3 is 2.23 bits per heavy atom. The highest BCUT2D eigenvalue weighted by molar-refractivity contribution is 6.17. The van der Waals surface area contributed by atoms with Crippen molar-refractivity contribution < 1.29 is 4.58 Å². The number of hydrogen-bond acceptors (Lipinski definition) is 1. The lowest BCUT2D eigenvalue weighted by atomic mass is 10.0. The summed E-state index contributed by atoms with van der Waals surface area (Å²) in [6, 6.07) is 32.7. The molecule has 0 fully saturated rings. The van der Waals surface area contributed by atoms with E-state index in [4.69, 9.17) is 0 Å².